The van der Waals surface area contributed by atoms with Crippen molar-refractivity contribution in [3.63, 3.8) is 0 Å². The molecule has 0 bridgehead atoms. The van der Waals surface area contributed by atoms with Gasteiger partial charge < -0.3 is 4.90 Å². The summed E-state index contributed by atoms with van der Waals surface area (Å²) in [6, 6.07) is 13.5. The molecule has 0 aliphatic carbocycles. The van der Waals surface area contributed by atoms with Crippen molar-refractivity contribution in [2.45, 2.75) is 25.3 Å². The standard InChI is InChI=1S/C20H22N4S/c1-2-6-15(7-3-1)18-12-17-19(21-14-22-20(17)25-18)24-11-8-16(13-24)23-9-4-5-10-23/h1-3,6-7,12,14,16H,4-5,8-11,13H2. The molecule has 2 aromatic heterocycles. The first kappa shape index (κ1) is 15.3. The highest BCUT2D eigenvalue weighted by Crippen LogP contribution is 2.37. The SMILES string of the molecule is c1ccc(-c2cc3c(N4CCC(N5CCCC5)C4)ncnc3s2)cc1. The van der Waals surface area contributed by atoms with Crippen LogP contribution in [-0.2, 0) is 0 Å². The number of thiophene rings is 1. The lowest BCUT2D eigenvalue weighted by Crippen LogP contribution is -2.35. The predicted molar refractivity (Wildman–Crippen MR) is 104 cm³/mol. The molecular formula is C20H22N4S. The molecule has 2 aliphatic heterocycles. The van der Waals surface area contributed by atoms with Crippen LogP contribution in [0.25, 0.3) is 20.7 Å². The highest BCUT2D eigenvalue weighted by Gasteiger charge is 2.30. The van der Waals surface area contributed by atoms with Gasteiger partial charge in [-0.1, -0.05) is 30.3 Å². The summed E-state index contributed by atoms with van der Waals surface area (Å²) in [5.41, 5.74) is 1.26. The van der Waals surface area contributed by atoms with E-state index in [0.717, 1.165) is 23.7 Å². The topological polar surface area (TPSA) is 32.3 Å². The second kappa shape index (κ2) is 6.39. The van der Waals surface area contributed by atoms with Crippen molar-refractivity contribution >= 4 is 27.4 Å². The van der Waals surface area contributed by atoms with Gasteiger partial charge in [-0.3, -0.25) is 4.90 Å². The van der Waals surface area contributed by atoms with Gasteiger partial charge in [0, 0.05) is 24.0 Å². The molecule has 0 N–H and O–H groups in total. The Morgan fingerprint density at radius 3 is 2.68 bits per heavy atom. The molecule has 0 saturated carbocycles. The second-order valence-electron chi connectivity index (χ2n) is 7.02. The van der Waals surface area contributed by atoms with E-state index in [1.807, 2.05) is 0 Å². The molecule has 1 atom stereocenters. The van der Waals surface area contributed by atoms with E-state index in [2.05, 4.69) is 56.2 Å². The first-order valence-corrected chi connectivity index (χ1v) is 9.99. The van der Waals surface area contributed by atoms with Crippen molar-refractivity contribution < 1.29 is 0 Å². The van der Waals surface area contributed by atoms with E-state index < -0.39 is 0 Å². The average molecular weight is 350 g/mol. The molecular weight excluding hydrogens is 328 g/mol. The number of likely N-dealkylation sites (tertiary alicyclic amines) is 1. The number of benzene rings is 1. The lowest BCUT2D eigenvalue weighted by molar-refractivity contribution is 0.260. The molecule has 2 aliphatic rings. The van der Waals surface area contributed by atoms with Crippen molar-refractivity contribution in [1.29, 1.82) is 0 Å². The van der Waals surface area contributed by atoms with Crippen LogP contribution in [-0.4, -0.2) is 47.1 Å². The number of rotatable bonds is 3. The number of nitrogens with zero attached hydrogens (tertiary/aromatic N) is 4. The molecule has 1 unspecified atom stereocenters. The van der Waals surface area contributed by atoms with Gasteiger partial charge in [0.05, 0.1) is 5.39 Å². The first-order valence-electron chi connectivity index (χ1n) is 9.17. The fraction of sp³-hybridized carbons (Fsp3) is 0.400. The van der Waals surface area contributed by atoms with Gasteiger partial charge in [0.1, 0.15) is 17.0 Å². The monoisotopic (exact) mass is 350 g/mol. The Morgan fingerprint density at radius 1 is 1.00 bits per heavy atom. The van der Waals surface area contributed by atoms with Crippen molar-refractivity contribution in [3.05, 3.63) is 42.7 Å². The molecule has 0 amide bonds. The summed E-state index contributed by atoms with van der Waals surface area (Å²) in [7, 11) is 0. The first-order chi connectivity index (χ1) is 12.4. The average Bonchev–Trinajstić information content (AvgIpc) is 3.40. The van der Waals surface area contributed by atoms with E-state index in [-0.39, 0.29) is 0 Å². The van der Waals surface area contributed by atoms with E-state index in [4.69, 9.17) is 0 Å². The van der Waals surface area contributed by atoms with Gasteiger partial charge in [-0.05, 0) is 44.0 Å². The van der Waals surface area contributed by atoms with E-state index >= 15 is 0 Å². The zero-order valence-corrected chi connectivity index (χ0v) is 15.1. The quantitative estimate of drug-likeness (QED) is 0.714. The molecule has 1 aromatic carbocycles. The van der Waals surface area contributed by atoms with Crippen LogP contribution >= 0.6 is 11.3 Å². The van der Waals surface area contributed by atoms with Crippen molar-refractivity contribution in [2.24, 2.45) is 0 Å². The Hall–Kier alpha value is -1.98. The van der Waals surface area contributed by atoms with E-state index in [1.165, 1.54) is 48.2 Å². The molecule has 4 heterocycles. The number of hydrogen-bond donors (Lipinski definition) is 0. The molecule has 2 saturated heterocycles. The van der Waals surface area contributed by atoms with E-state index in [1.54, 1.807) is 17.7 Å². The van der Waals surface area contributed by atoms with Crippen LogP contribution < -0.4 is 4.90 Å². The number of fused-ring (bicyclic) bond motifs is 1. The summed E-state index contributed by atoms with van der Waals surface area (Å²) in [6.07, 6.45) is 5.70. The van der Waals surface area contributed by atoms with Gasteiger partial charge >= 0.3 is 0 Å². The van der Waals surface area contributed by atoms with Gasteiger partial charge in [-0.2, -0.15) is 0 Å². The minimum atomic E-state index is 0.694. The molecule has 3 aromatic rings. The minimum absolute atomic E-state index is 0.694. The lowest BCUT2D eigenvalue weighted by atomic mass is 10.2. The Morgan fingerprint density at radius 2 is 1.84 bits per heavy atom. The molecule has 25 heavy (non-hydrogen) atoms. The Balaban J connectivity index is 1.46. The van der Waals surface area contributed by atoms with Crippen LogP contribution in [0.15, 0.2) is 42.7 Å². The summed E-state index contributed by atoms with van der Waals surface area (Å²) in [5, 5.41) is 1.20. The molecule has 2 fully saturated rings. The van der Waals surface area contributed by atoms with Crippen molar-refractivity contribution in [3.8, 4) is 10.4 Å². The van der Waals surface area contributed by atoms with Gasteiger partial charge in [0.2, 0.25) is 0 Å². The van der Waals surface area contributed by atoms with Crippen LogP contribution in [0.1, 0.15) is 19.3 Å². The number of aromatic nitrogens is 2. The summed E-state index contributed by atoms with van der Waals surface area (Å²) in [4.78, 5) is 16.7. The normalized spacial score (nSPS) is 21.4. The Bertz CT molecular complexity index is 870. The maximum atomic E-state index is 4.66. The molecule has 128 valence electrons. The minimum Gasteiger partial charge on any atom is -0.354 e. The highest BCUT2D eigenvalue weighted by atomic mass is 32.1. The second-order valence-corrected chi connectivity index (χ2v) is 8.06. The zero-order chi connectivity index (χ0) is 16.6. The molecule has 5 heteroatoms. The summed E-state index contributed by atoms with van der Waals surface area (Å²) in [6.45, 7) is 4.75. The number of anilines is 1. The summed E-state index contributed by atoms with van der Waals surface area (Å²) in [5.74, 6) is 1.12. The van der Waals surface area contributed by atoms with Crippen LogP contribution in [0, 0.1) is 0 Å². The molecule has 5 rings (SSSR count). The summed E-state index contributed by atoms with van der Waals surface area (Å²) >= 11 is 1.76. The third kappa shape index (κ3) is 2.81. The Kier molecular flexibility index (Phi) is 3.91. The fourth-order valence-corrected chi connectivity index (χ4v) is 5.18. The van der Waals surface area contributed by atoms with Crippen molar-refractivity contribution in [1.82, 2.24) is 14.9 Å². The largest absolute Gasteiger partial charge is 0.354 e. The summed E-state index contributed by atoms with van der Waals surface area (Å²) < 4.78 is 0. The van der Waals surface area contributed by atoms with Crippen LogP contribution in [0.5, 0.6) is 0 Å². The van der Waals surface area contributed by atoms with Crippen LogP contribution in [0.3, 0.4) is 0 Å². The van der Waals surface area contributed by atoms with Gasteiger partial charge in [0.25, 0.3) is 0 Å². The smallest absolute Gasteiger partial charge is 0.140 e. The van der Waals surface area contributed by atoms with Crippen molar-refractivity contribution in [2.75, 3.05) is 31.1 Å². The Labute approximate surface area is 152 Å². The third-order valence-corrected chi connectivity index (χ3v) is 6.58. The van der Waals surface area contributed by atoms with Gasteiger partial charge in [-0.25, -0.2) is 9.97 Å². The fourth-order valence-electron chi connectivity index (χ4n) is 4.18. The van der Waals surface area contributed by atoms with E-state index in [9.17, 15) is 0 Å². The zero-order valence-electron chi connectivity index (χ0n) is 14.3. The third-order valence-electron chi connectivity index (χ3n) is 5.49. The molecule has 0 radical (unpaired) electrons. The van der Waals surface area contributed by atoms with Gasteiger partial charge in [0.15, 0.2) is 0 Å². The molecule has 4 nitrogen and oxygen atoms in total. The number of hydrogen-bond acceptors (Lipinski definition) is 5. The highest BCUT2D eigenvalue weighted by molar-refractivity contribution is 7.21. The predicted octanol–water partition coefficient (Wildman–Crippen LogP) is 4.03. The van der Waals surface area contributed by atoms with Gasteiger partial charge in [-0.15, -0.1) is 11.3 Å². The van der Waals surface area contributed by atoms with E-state index in [0.29, 0.717) is 6.04 Å². The lowest BCUT2D eigenvalue weighted by Gasteiger charge is -2.24. The maximum Gasteiger partial charge on any atom is 0.140 e. The molecule has 0 spiro atoms. The maximum absolute atomic E-state index is 4.66. The van der Waals surface area contributed by atoms with Crippen LogP contribution in [0.4, 0.5) is 5.82 Å². The van der Waals surface area contributed by atoms with Crippen LogP contribution in [0.2, 0.25) is 0 Å².